The molecule has 3 rings (SSSR count). The molecule has 0 N–H and O–H groups in total. The summed E-state index contributed by atoms with van der Waals surface area (Å²) in [6.07, 6.45) is 1.69. The minimum absolute atomic E-state index is 0.126. The van der Waals surface area contributed by atoms with Crippen LogP contribution >= 0.6 is 11.6 Å². The largest absolute Gasteiger partial charge is 0.464 e. The van der Waals surface area contributed by atoms with Gasteiger partial charge >= 0.3 is 5.97 Å². The van der Waals surface area contributed by atoms with E-state index in [0.29, 0.717) is 30.1 Å². The highest BCUT2D eigenvalue weighted by atomic mass is 35.5. The maximum Gasteiger partial charge on any atom is 0.302 e. The Hall–Kier alpha value is -2.64. The fourth-order valence-electron chi connectivity index (χ4n) is 3.39. The van der Waals surface area contributed by atoms with Crippen LogP contribution in [0, 0.1) is 0 Å². The van der Waals surface area contributed by atoms with Crippen molar-refractivity contribution in [3.63, 3.8) is 0 Å². The summed E-state index contributed by atoms with van der Waals surface area (Å²) in [6.45, 7) is 2.32. The number of rotatable bonds is 6. The zero-order valence-corrected chi connectivity index (χ0v) is 18.3. The minimum Gasteiger partial charge on any atom is -0.464 e. The van der Waals surface area contributed by atoms with Crippen molar-refractivity contribution < 1.29 is 22.7 Å². The van der Waals surface area contributed by atoms with Crippen molar-refractivity contribution >= 4 is 38.9 Å². The molecular weight excluding hydrogens is 426 g/mol. The highest BCUT2D eigenvalue weighted by molar-refractivity contribution is 7.90. The van der Waals surface area contributed by atoms with E-state index in [-0.39, 0.29) is 23.4 Å². The van der Waals surface area contributed by atoms with Crippen LogP contribution in [0.4, 0.5) is 0 Å². The maximum atomic E-state index is 13.1. The number of amides is 1. The van der Waals surface area contributed by atoms with Crippen LogP contribution in [0.3, 0.4) is 0 Å². The van der Waals surface area contributed by atoms with E-state index in [4.69, 9.17) is 16.3 Å². The van der Waals surface area contributed by atoms with Crippen molar-refractivity contribution in [1.29, 1.82) is 0 Å². The second kappa shape index (κ2) is 9.02. The first kappa shape index (κ1) is 22.1. The molecule has 0 atom stereocenters. The Labute approximate surface area is 181 Å². The van der Waals surface area contributed by atoms with Crippen LogP contribution in [0.25, 0.3) is 5.57 Å². The Morgan fingerprint density at radius 3 is 2.17 bits per heavy atom. The first-order valence-electron chi connectivity index (χ1n) is 9.39. The summed E-state index contributed by atoms with van der Waals surface area (Å²) in [4.78, 5) is 25.9. The van der Waals surface area contributed by atoms with Crippen molar-refractivity contribution in [2.45, 2.75) is 18.2 Å². The summed E-state index contributed by atoms with van der Waals surface area (Å²) >= 11 is 6.03. The maximum absolute atomic E-state index is 13.1. The van der Waals surface area contributed by atoms with Gasteiger partial charge in [0.2, 0.25) is 0 Å². The first-order valence-corrected chi connectivity index (χ1v) is 11.7. The molecule has 1 aliphatic rings. The molecule has 0 aliphatic carbocycles. The first-order chi connectivity index (χ1) is 14.2. The summed E-state index contributed by atoms with van der Waals surface area (Å²) in [5, 5.41) is 0.580. The Balaban J connectivity index is 2.01. The van der Waals surface area contributed by atoms with Crippen LogP contribution in [0.5, 0.6) is 0 Å². The van der Waals surface area contributed by atoms with Gasteiger partial charge in [-0.3, -0.25) is 9.59 Å². The molecule has 1 saturated heterocycles. The quantitative estimate of drug-likeness (QED) is 0.501. The topological polar surface area (TPSA) is 80.8 Å². The molecular formula is C22H22ClNO5S. The summed E-state index contributed by atoms with van der Waals surface area (Å²) in [7, 11) is -3.32. The van der Waals surface area contributed by atoms with E-state index in [1.807, 2.05) is 12.1 Å². The van der Waals surface area contributed by atoms with Gasteiger partial charge in [0.25, 0.3) is 5.91 Å². The normalized spacial score (nSPS) is 16.0. The van der Waals surface area contributed by atoms with Gasteiger partial charge in [-0.1, -0.05) is 35.9 Å². The zero-order valence-electron chi connectivity index (χ0n) is 16.7. The Morgan fingerprint density at radius 2 is 1.63 bits per heavy atom. The highest BCUT2D eigenvalue weighted by Crippen LogP contribution is 2.33. The van der Waals surface area contributed by atoms with E-state index < -0.39 is 9.84 Å². The van der Waals surface area contributed by atoms with Gasteiger partial charge in [0.1, 0.15) is 6.61 Å². The molecule has 0 spiro atoms. The molecule has 0 unspecified atom stereocenters. The molecule has 2 aromatic carbocycles. The number of hydrogen-bond donors (Lipinski definition) is 0. The fraction of sp³-hybridized carbons (Fsp3) is 0.273. The lowest BCUT2D eigenvalue weighted by Crippen LogP contribution is -2.29. The third-order valence-corrected chi connectivity index (χ3v) is 6.23. The molecule has 1 heterocycles. The van der Waals surface area contributed by atoms with Gasteiger partial charge < -0.3 is 9.64 Å². The number of nitrogens with zero attached hydrogens (tertiary/aromatic N) is 1. The summed E-state index contributed by atoms with van der Waals surface area (Å²) in [5.74, 6) is -0.510. The average Bonchev–Trinajstić information content (AvgIpc) is 3.04. The molecule has 1 fully saturated rings. The number of benzene rings is 2. The van der Waals surface area contributed by atoms with Crippen molar-refractivity contribution in [3.05, 3.63) is 70.3 Å². The number of halogens is 1. The third-order valence-electron chi connectivity index (χ3n) is 4.85. The predicted octanol–water partition coefficient (Wildman–Crippen LogP) is 3.34. The van der Waals surface area contributed by atoms with Crippen LogP contribution in [0.15, 0.2) is 59.0 Å². The summed E-state index contributed by atoms with van der Waals surface area (Å²) in [6, 6.07) is 13.7. The minimum atomic E-state index is -3.32. The van der Waals surface area contributed by atoms with Crippen LogP contribution in [0.1, 0.15) is 24.5 Å². The number of likely N-dealkylation sites (tertiary alicyclic amines) is 1. The van der Waals surface area contributed by atoms with Gasteiger partial charge in [-0.25, -0.2) is 8.42 Å². The Kier molecular flexibility index (Phi) is 6.63. The van der Waals surface area contributed by atoms with Crippen molar-refractivity contribution in [3.8, 4) is 0 Å². The molecule has 0 saturated carbocycles. The SMILES string of the molecule is CC(=O)OCCN1CC/C(=C(\c2ccc(Cl)cc2)c2ccc(S(C)(=O)=O)cc2)C1=O. The molecule has 1 aliphatic heterocycles. The van der Waals surface area contributed by atoms with E-state index in [9.17, 15) is 18.0 Å². The monoisotopic (exact) mass is 447 g/mol. The molecule has 158 valence electrons. The van der Waals surface area contributed by atoms with Gasteiger partial charge in [-0.2, -0.15) is 0 Å². The smallest absolute Gasteiger partial charge is 0.302 e. The highest BCUT2D eigenvalue weighted by Gasteiger charge is 2.29. The van der Waals surface area contributed by atoms with Gasteiger partial charge in [0.15, 0.2) is 9.84 Å². The van der Waals surface area contributed by atoms with E-state index in [0.717, 1.165) is 23.0 Å². The van der Waals surface area contributed by atoms with Gasteiger partial charge in [0.05, 0.1) is 11.4 Å². The zero-order chi connectivity index (χ0) is 21.9. The molecule has 6 nitrogen and oxygen atoms in total. The lowest BCUT2D eigenvalue weighted by Gasteiger charge is -2.16. The van der Waals surface area contributed by atoms with Crippen molar-refractivity contribution in [2.75, 3.05) is 26.0 Å². The van der Waals surface area contributed by atoms with E-state index >= 15 is 0 Å². The number of esters is 1. The number of carbonyl (C=O) groups excluding carboxylic acids is 2. The molecule has 0 bridgehead atoms. The van der Waals surface area contributed by atoms with Gasteiger partial charge in [-0.15, -0.1) is 0 Å². The predicted molar refractivity (Wildman–Crippen MR) is 115 cm³/mol. The Morgan fingerprint density at radius 1 is 1.07 bits per heavy atom. The second-order valence-corrected chi connectivity index (χ2v) is 9.49. The number of hydrogen-bond acceptors (Lipinski definition) is 5. The molecule has 30 heavy (non-hydrogen) atoms. The van der Waals surface area contributed by atoms with Crippen molar-refractivity contribution in [2.24, 2.45) is 0 Å². The van der Waals surface area contributed by atoms with E-state index in [1.165, 1.54) is 6.92 Å². The van der Waals surface area contributed by atoms with Crippen LogP contribution in [-0.2, 0) is 24.2 Å². The van der Waals surface area contributed by atoms with Crippen LogP contribution in [0.2, 0.25) is 5.02 Å². The number of sulfone groups is 1. The number of carbonyl (C=O) groups is 2. The Bertz CT molecular complexity index is 1090. The van der Waals surface area contributed by atoms with E-state index in [1.54, 1.807) is 41.3 Å². The van der Waals surface area contributed by atoms with Crippen LogP contribution < -0.4 is 0 Å². The van der Waals surface area contributed by atoms with E-state index in [2.05, 4.69) is 0 Å². The van der Waals surface area contributed by atoms with Gasteiger partial charge in [0, 0.05) is 30.3 Å². The van der Waals surface area contributed by atoms with Gasteiger partial charge in [-0.05, 0) is 47.4 Å². The lowest BCUT2D eigenvalue weighted by atomic mass is 9.92. The second-order valence-electron chi connectivity index (χ2n) is 7.04. The lowest BCUT2D eigenvalue weighted by molar-refractivity contribution is -0.142. The van der Waals surface area contributed by atoms with Crippen molar-refractivity contribution in [1.82, 2.24) is 4.90 Å². The fourth-order valence-corrected chi connectivity index (χ4v) is 4.15. The summed E-state index contributed by atoms with van der Waals surface area (Å²) in [5.41, 5.74) is 2.94. The molecule has 8 heteroatoms. The van der Waals surface area contributed by atoms with Crippen LogP contribution in [-0.4, -0.2) is 51.1 Å². The molecule has 1 amide bonds. The third kappa shape index (κ3) is 5.09. The average molecular weight is 448 g/mol. The molecule has 2 aromatic rings. The number of ether oxygens (including phenoxy) is 1. The molecule has 0 aromatic heterocycles. The molecule has 0 radical (unpaired) electrons. The summed E-state index contributed by atoms with van der Waals surface area (Å²) < 4.78 is 28.6. The standard InChI is InChI=1S/C22H22ClNO5S/c1-15(25)29-14-13-24-12-11-20(22(24)26)21(16-3-7-18(23)8-4-16)17-5-9-19(10-6-17)30(2,27)28/h3-10H,11-14H2,1-2H3/b21-20-.